The van der Waals surface area contributed by atoms with Crippen molar-refractivity contribution in [1.82, 2.24) is 15.5 Å². The molecule has 2 bridgehead atoms. The van der Waals surface area contributed by atoms with E-state index in [9.17, 15) is 4.79 Å². The number of carbonyl (C=O) groups excluding carboxylic acids is 1. The third-order valence-electron chi connectivity index (χ3n) is 7.31. The topological polar surface area (TPSA) is 81.2 Å². The van der Waals surface area contributed by atoms with Gasteiger partial charge in [-0.15, -0.1) is 0 Å². The van der Waals surface area contributed by atoms with E-state index in [4.69, 9.17) is 8.94 Å². The molecule has 3 aromatic heterocycles. The third kappa shape index (κ3) is 3.22. The summed E-state index contributed by atoms with van der Waals surface area (Å²) in [4.78, 5) is 18.2. The van der Waals surface area contributed by atoms with Gasteiger partial charge in [0.15, 0.2) is 5.76 Å². The number of fused-ring (bicyclic) bond motifs is 3. The molecule has 2 aliphatic rings. The van der Waals surface area contributed by atoms with Crippen LogP contribution in [-0.4, -0.2) is 22.1 Å². The summed E-state index contributed by atoms with van der Waals surface area (Å²) in [6, 6.07) is 15.3. The summed E-state index contributed by atoms with van der Waals surface area (Å²) in [5.41, 5.74) is 2.90. The number of furan rings is 1. The Kier molecular flexibility index (Phi) is 4.59. The van der Waals surface area contributed by atoms with Gasteiger partial charge in [0, 0.05) is 11.6 Å². The van der Waals surface area contributed by atoms with Crippen molar-refractivity contribution in [3.05, 3.63) is 60.4 Å². The largest absolute Gasteiger partial charge is 0.463 e. The number of aromatic nitrogens is 2. The van der Waals surface area contributed by atoms with Gasteiger partial charge < -0.3 is 14.3 Å². The van der Waals surface area contributed by atoms with Gasteiger partial charge >= 0.3 is 0 Å². The van der Waals surface area contributed by atoms with Crippen LogP contribution in [0.15, 0.2) is 63.7 Å². The van der Waals surface area contributed by atoms with Crippen LogP contribution in [0.25, 0.3) is 33.8 Å². The molecular formula is C26H25N3O3. The molecule has 32 heavy (non-hydrogen) atoms. The van der Waals surface area contributed by atoms with Crippen LogP contribution in [0.2, 0.25) is 0 Å². The second kappa shape index (κ2) is 7.62. The molecule has 0 unspecified atom stereocenters. The van der Waals surface area contributed by atoms with Crippen molar-refractivity contribution in [3.63, 3.8) is 0 Å². The highest BCUT2D eigenvalue weighted by molar-refractivity contribution is 6.10. The van der Waals surface area contributed by atoms with Crippen molar-refractivity contribution < 1.29 is 13.7 Å². The molecule has 162 valence electrons. The van der Waals surface area contributed by atoms with E-state index in [1.54, 1.807) is 18.4 Å². The van der Waals surface area contributed by atoms with Crippen molar-refractivity contribution in [1.29, 1.82) is 0 Å². The molecule has 0 radical (unpaired) electrons. The van der Waals surface area contributed by atoms with E-state index in [2.05, 4.69) is 22.4 Å². The number of hydrogen-bond acceptors (Lipinski definition) is 5. The fraction of sp³-hybridized carbons (Fsp3) is 0.346. The monoisotopic (exact) mass is 427 g/mol. The van der Waals surface area contributed by atoms with Crippen molar-refractivity contribution in [2.75, 3.05) is 0 Å². The maximum absolute atomic E-state index is 13.6. The van der Waals surface area contributed by atoms with Crippen LogP contribution in [0.3, 0.4) is 0 Å². The van der Waals surface area contributed by atoms with Gasteiger partial charge in [0.1, 0.15) is 11.4 Å². The zero-order valence-corrected chi connectivity index (χ0v) is 18.0. The van der Waals surface area contributed by atoms with Gasteiger partial charge in [-0.1, -0.05) is 41.9 Å². The van der Waals surface area contributed by atoms with E-state index in [1.807, 2.05) is 36.4 Å². The lowest BCUT2D eigenvalue weighted by Crippen LogP contribution is -2.40. The Morgan fingerprint density at radius 2 is 2.00 bits per heavy atom. The summed E-state index contributed by atoms with van der Waals surface area (Å²) in [5.74, 6) is 2.59. The molecule has 0 saturated heterocycles. The van der Waals surface area contributed by atoms with Crippen molar-refractivity contribution in [2.24, 2.45) is 17.8 Å². The van der Waals surface area contributed by atoms with Crippen molar-refractivity contribution in [3.8, 4) is 22.7 Å². The lowest BCUT2D eigenvalue weighted by molar-refractivity contribution is 0.0917. The first-order chi connectivity index (χ1) is 15.7. The number of nitrogens with zero attached hydrogens (tertiary/aromatic N) is 2. The van der Waals surface area contributed by atoms with Gasteiger partial charge in [0.25, 0.3) is 11.6 Å². The fourth-order valence-electron chi connectivity index (χ4n) is 5.77. The first-order valence-electron chi connectivity index (χ1n) is 11.4. The Bertz CT molecular complexity index is 1260. The van der Waals surface area contributed by atoms with E-state index in [-0.39, 0.29) is 11.9 Å². The van der Waals surface area contributed by atoms with Crippen LogP contribution in [0.5, 0.6) is 0 Å². The van der Waals surface area contributed by atoms with Gasteiger partial charge in [0.2, 0.25) is 0 Å². The van der Waals surface area contributed by atoms with E-state index < -0.39 is 0 Å². The van der Waals surface area contributed by atoms with Crippen LogP contribution >= 0.6 is 0 Å². The summed E-state index contributed by atoms with van der Waals surface area (Å²) in [5, 5.41) is 8.19. The highest BCUT2D eigenvalue weighted by Crippen LogP contribution is 2.49. The minimum Gasteiger partial charge on any atom is -0.463 e. The van der Waals surface area contributed by atoms with Crippen molar-refractivity contribution >= 4 is 17.0 Å². The minimum absolute atomic E-state index is 0.119. The second-order valence-electron chi connectivity index (χ2n) is 9.21. The van der Waals surface area contributed by atoms with Crippen LogP contribution < -0.4 is 5.32 Å². The van der Waals surface area contributed by atoms with Gasteiger partial charge in [0.05, 0.1) is 17.2 Å². The van der Waals surface area contributed by atoms with Crippen LogP contribution in [0.1, 0.15) is 43.0 Å². The zero-order valence-electron chi connectivity index (χ0n) is 18.0. The number of hydrogen-bond donors (Lipinski definition) is 1. The smallest absolute Gasteiger partial charge is 0.259 e. The molecule has 1 amide bonds. The van der Waals surface area contributed by atoms with Crippen LogP contribution in [0.4, 0.5) is 0 Å². The number of carbonyl (C=O) groups is 1. The number of pyridine rings is 1. The third-order valence-corrected chi connectivity index (χ3v) is 7.31. The first-order valence-corrected chi connectivity index (χ1v) is 11.4. The normalized spacial score (nSPS) is 23.0. The zero-order chi connectivity index (χ0) is 21.7. The Morgan fingerprint density at radius 3 is 2.72 bits per heavy atom. The molecule has 2 fully saturated rings. The lowest BCUT2D eigenvalue weighted by Gasteiger charge is -2.28. The molecule has 1 N–H and O–H groups in total. The van der Waals surface area contributed by atoms with Gasteiger partial charge in [-0.25, -0.2) is 4.98 Å². The quantitative estimate of drug-likeness (QED) is 0.442. The molecule has 0 spiro atoms. The number of nitrogens with one attached hydrogen (secondary N) is 1. The van der Waals surface area contributed by atoms with Crippen LogP contribution in [-0.2, 0) is 0 Å². The molecule has 4 atom stereocenters. The van der Waals surface area contributed by atoms with E-state index in [1.165, 1.54) is 25.7 Å². The first kappa shape index (κ1) is 19.3. The Balaban J connectivity index is 1.41. The maximum Gasteiger partial charge on any atom is 0.259 e. The number of rotatable bonds is 5. The molecule has 3 heterocycles. The highest BCUT2D eigenvalue weighted by atomic mass is 16.5. The van der Waals surface area contributed by atoms with E-state index in [0.717, 1.165) is 17.4 Å². The average molecular weight is 428 g/mol. The predicted octanol–water partition coefficient (Wildman–Crippen LogP) is 5.70. The Labute approximate surface area is 186 Å². The van der Waals surface area contributed by atoms with Crippen LogP contribution in [0, 0.1) is 17.8 Å². The summed E-state index contributed by atoms with van der Waals surface area (Å²) >= 11 is 0. The van der Waals surface area contributed by atoms with E-state index >= 15 is 0 Å². The summed E-state index contributed by atoms with van der Waals surface area (Å²) in [7, 11) is 0. The Hall–Kier alpha value is -3.41. The maximum atomic E-state index is 13.6. The average Bonchev–Trinajstić information content (AvgIpc) is 3.62. The molecule has 6 heteroatoms. The molecule has 0 aliphatic heterocycles. The standard InChI is InChI=1S/C26H25N3O3/c1-15(19-13-16-9-10-18(19)12-16)27-25(30)20-14-21(22-8-5-11-31-22)28-26-23(20)24(29-32-26)17-6-3-2-4-7-17/h2-8,11,14-16,18-19H,9-10,12-13H2,1H3,(H,27,30)/t15-,16-,18-,19+/m0/s1. The Morgan fingerprint density at radius 1 is 1.12 bits per heavy atom. The minimum atomic E-state index is -0.124. The summed E-state index contributed by atoms with van der Waals surface area (Å²) in [6.07, 6.45) is 6.77. The SMILES string of the molecule is C[C@H](NC(=O)c1cc(-c2ccco2)nc2onc(-c3ccccc3)c12)[C@H]1C[C@H]2CC[C@H]1C2. The molecule has 6 rings (SSSR count). The van der Waals surface area contributed by atoms with Gasteiger partial charge in [-0.3, -0.25) is 4.79 Å². The second-order valence-corrected chi connectivity index (χ2v) is 9.21. The van der Waals surface area contributed by atoms with Gasteiger partial charge in [-0.2, -0.15) is 0 Å². The predicted molar refractivity (Wildman–Crippen MR) is 121 cm³/mol. The van der Waals surface area contributed by atoms with E-state index in [0.29, 0.717) is 39.7 Å². The molecule has 2 aliphatic carbocycles. The summed E-state index contributed by atoms with van der Waals surface area (Å²) < 4.78 is 11.1. The fourth-order valence-corrected chi connectivity index (χ4v) is 5.77. The molecule has 6 nitrogen and oxygen atoms in total. The molecule has 4 aromatic rings. The molecule has 1 aromatic carbocycles. The molecule has 2 saturated carbocycles. The summed E-state index contributed by atoms with van der Waals surface area (Å²) in [6.45, 7) is 2.14. The molecular weight excluding hydrogens is 402 g/mol. The van der Waals surface area contributed by atoms with Gasteiger partial charge in [-0.05, 0) is 62.1 Å². The van der Waals surface area contributed by atoms with Crippen molar-refractivity contribution in [2.45, 2.75) is 38.6 Å². The lowest BCUT2D eigenvalue weighted by atomic mass is 9.84. The number of benzene rings is 1. The highest BCUT2D eigenvalue weighted by Gasteiger charge is 2.42. The number of amides is 1.